The summed E-state index contributed by atoms with van der Waals surface area (Å²) in [7, 11) is 0. The Hall–Kier alpha value is -3.22. The zero-order chi connectivity index (χ0) is 28.4. The zero-order valence-corrected chi connectivity index (χ0v) is 23.3. The number of nitrogens with zero attached hydrogens (tertiary/aromatic N) is 3. The average molecular weight is 561 g/mol. The van der Waals surface area contributed by atoms with E-state index in [1.165, 1.54) is 35.3 Å². The van der Waals surface area contributed by atoms with Crippen LogP contribution in [0.1, 0.15) is 69.8 Å². The normalized spacial score (nSPS) is 25.2. The highest BCUT2D eigenvalue weighted by molar-refractivity contribution is 8.01. The van der Waals surface area contributed by atoms with Crippen molar-refractivity contribution in [3.05, 3.63) is 24.3 Å². The van der Waals surface area contributed by atoms with Crippen LogP contribution in [0.15, 0.2) is 18.6 Å². The Morgan fingerprint density at radius 1 is 1.15 bits per heavy atom. The number of hydrogen-bond donors (Lipinski definition) is 4. The highest BCUT2D eigenvalue weighted by atomic mass is 32.2. The summed E-state index contributed by atoms with van der Waals surface area (Å²) in [6.07, 6.45) is 8.64. The Bertz CT molecular complexity index is 1120. The fraction of sp³-hybridized carbons (Fsp3) is 0.654. The molecular weight excluding hydrogens is 524 g/mol. The summed E-state index contributed by atoms with van der Waals surface area (Å²) in [6.45, 7) is 5.39. The van der Waals surface area contributed by atoms with Crippen LogP contribution in [0.25, 0.3) is 0 Å². The molecule has 12 nitrogen and oxygen atoms in total. The Labute approximate surface area is 231 Å². The van der Waals surface area contributed by atoms with Crippen molar-refractivity contribution in [3.63, 3.8) is 0 Å². The largest absolute Gasteiger partial charge is 0.480 e. The summed E-state index contributed by atoms with van der Waals surface area (Å²) in [5, 5.41) is 18.4. The molecule has 4 N–H and O–H groups in total. The van der Waals surface area contributed by atoms with Crippen molar-refractivity contribution in [2.24, 2.45) is 11.3 Å². The molecule has 4 atom stereocenters. The van der Waals surface area contributed by atoms with Gasteiger partial charge in [0, 0.05) is 18.8 Å². The molecule has 1 aromatic rings. The molecule has 1 saturated carbocycles. The van der Waals surface area contributed by atoms with Crippen LogP contribution < -0.4 is 16.0 Å². The molecule has 3 heterocycles. The van der Waals surface area contributed by atoms with Crippen LogP contribution in [0.4, 0.5) is 0 Å². The monoisotopic (exact) mass is 560 g/mol. The summed E-state index contributed by atoms with van der Waals surface area (Å²) >= 11 is 1.30. The number of carboxylic acid groups (broad SMARTS) is 1. The average Bonchev–Trinajstić information content (AvgIpc) is 3.47. The maximum atomic E-state index is 13.9. The van der Waals surface area contributed by atoms with E-state index >= 15 is 0 Å². The lowest BCUT2D eigenvalue weighted by Gasteiger charge is -2.37. The highest BCUT2D eigenvalue weighted by Gasteiger charge is 2.54. The molecule has 1 spiro atoms. The van der Waals surface area contributed by atoms with E-state index in [0.29, 0.717) is 0 Å². The van der Waals surface area contributed by atoms with E-state index in [9.17, 15) is 29.1 Å². The molecule has 0 radical (unpaired) electrons. The second-order valence-electron chi connectivity index (χ2n) is 11.6. The standard InChI is InChI=1S/C26H36N6O6S/c1-25(2,3)20(23(36)32-14-26(11-17(32)24(37)38)31-18(33)13-39-26)30-22(35)19(15-7-5-4-6-8-15)29-21(34)16-12-27-9-10-28-16/h9-10,12,15,17,19-20H,4-8,11,13-14H2,1-3H3,(H,29,34)(H,30,35)(H,31,33)(H,37,38)/t17?,19-,20?,26?/m0/s1. The minimum Gasteiger partial charge on any atom is -0.480 e. The minimum atomic E-state index is -1.17. The molecule has 0 aromatic carbocycles. The molecule has 1 aromatic heterocycles. The van der Waals surface area contributed by atoms with Crippen molar-refractivity contribution in [1.29, 1.82) is 0 Å². The van der Waals surface area contributed by atoms with Gasteiger partial charge in [0.2, 0.25) is 17.7 Å². The first-order chi connectivity index (χ1) is 18.4. The lowest BCUT2D eigenvalue weighted by atomic mass is 9.82. The van der Waals surface area contributed by atoms with Gasteiger partial charge < -0.3 is 26.0 Å². The van der Waals surface area contributed by atoms with E-state index in [4.69, 9.17) is 0 Å². The summed E-state index contributed by atoms with van der Waals surface area (Å²) in [6, 6.07) is -3.11. The quantitative estimate of drug-likeness (QED) is 0.379. The van der Waals surface area contributed by atoms with E-state index in [0.717, 1.165) is 32.1 Å². The molecule has 13 heteroatoms. The van der Waals surface area contributed by atoms with Gasteiger partial charge in [-0.1, -0.05) is 40.0 Å². The Morgan fingerprint density at radius 2 is 1.87 bits per heavy atom. The fourth-order valence-corrected chi connectivity index (χ4v) is 6.76. The lowest BCUT2D eigenvalue weighted by molar-refractivity contribution is -0.151. The van der Waals surface area contributed by atoms with Crippen molar-refractivity contribution in [1.82, 2.24) is 30.8 Å². The molecule has 3 unspecified atom stereocenters. The third-order valence-electron chi connectivity index (χ3n) is 7.63. The molecule has 3 fully saturated rings. The summed E-state index contributed by atoms with van der Waals surface area (Å²) in [5.74, 6) is -2.87. The van der Waals surface area contributed by atoms with Gasteiger partial charge in [-0.25, -0.2) is 9.78 Å². The molecule has 4 amide bonds. The Morgan fingerprint density at radius 3 is 2.44 bits per heavy atom. The minimum absolute atomic E-state index is 0.0249. The molecular formula is C26H36N6O6S. The second kappa shape index (κ2) is 11.5. The number of likely N-dealkylation sites (tertiary alicyclic amines) is 1. The second-order valence-corrected chi connectivity index (χ2v) is 13.0. The van der Waals surface area contributed by atoms with Crippen LogP contribution in [0.2, 0.25) is 0 Å². The number of nitrogens with one attached hydrogen (secondary N) is 3. The van der Waals surface area contributed by atoms with Crippen LogP contribution in [0.3, 0.4) is 0 Å². The molecule has 0 bridgehead atoms. The van der Waals surface area contributed by atoms with Crippen LogP contribution in [0.5, 0.6) is 0 Å². The third-order valence-corrected chi connectivity index (χ3v) is 8.98. The van der Waals surface area contributed by atoms with Gasteiger partial charge in [-0.15, -0.1) is 11.8 Å². The van der Waals surface area contributed by atoms with Gasteiger partial charge in [-0.05, 0) is 24.2 Å². The first kappa shape index (κ1) is 28.8. The Kier molecular flexibility index (Phi) is 8.48. The first-order valence-corrected chi connectivity index (χ1v) is 14.2. The van der Waals surface area contributed by atoms with Crippen molar-refractivity contribution in [2.45, 2.75) is 82.3 Å². The number of aromatic nitrogens is 2. The van der Waals surface area contributed by atoms with Gasteiger partial charge in [0.25, 0.3) is 5.91 Å². The highest BCUT2D eigenvalue weighted by Crippen LogP contribution is 2.41. The van der Waals surface area contributed by atoms with E-state index in [1.807, 2.05) is 0 Å². The zero-order valence-electron chi connectivity index (χ0n) is 22.4. The van der Waals surface area contributed by atoms with Crippen molar-refractivity contribution in [2.75, 3.05) is 12.3 Å². The smallest absolute Gasteiger partial charge is 0.326 e. The molecule has 3 aliphatic rings. The molecule has 4 rings (SSSR count). The summed E-state index contributed by atoms with van der Waals surface area (Å²) < 4.78 is 0. The van der Waals surface area contributed by atoms with Crippen LogP contribution in [-0.4, -0.2) is 84.9 Å². The third kappa shape index (κ3) is 6.51. The predicted octanol–water partition coefficient (Wildman–Crippen LogP) is 0.931. The maximum Gasteiger partial charge on any atom is 0.326 e. The molecule has 2 saturated heterocycles. The van der Waals surface area contributed by atoms with Crippen LogP contribution in [0, 0.1) is 11.3 Å². The number of thioether (sulfide) groups is 1. The SMILES string of the molecule is CC(C)(C)C(NC(=O)[C@@H](NC(=O)c1cnccn1)C1CCCCC1)C(=O)N1CC2(CC1C(=O)O)NC(=O)CS2. The van der Waals surface area contributed by atoms with Gasteiger partial charge >= 0.3 is 5.97 Å². The van der Waals surface area contributed by atoms with Crippen molar-refractivity contribution < 1.29 is 29.1 Å². The van der Waals surface area contributed by atoms with Gasteiger partial charge in [-0.3, -0.25) is 24.2 Å². The lowest BCUT2D eigenvalue weighted by Crippen LogP contribution is -2.61. The fourth-order valence-electron chi connectivity index (χ4n) is 5.59. The molecule has 212 valence electrons. The molecule has 39 heavy (non-hydrogen) atoms. The van der Waals surface area contributed by atoms with E-state index in [1.54, 1.807) is 20.8 Å². The van der Waals surface area contributed by atoms with E-state index in [2.05, 4.69) is 25.9 Å². The number of rotatable bonds is 7. The van der Waals surface area contributed by atoms with Gasteiger partial charge in [0.15, 0.2) is 0 Å². The number of amides is 4. The number of hydrogen-bond acceptors (Lipinski definition) is 8. The molecule has 1 aliphatic carbocycles. The van der Waals surface area contributed by atoms with Gasteiger partial charge in [0.1, 0.15) is 28.7 Å². The van der Waals surface area contributed by atoms with Crippen molar-refractivity contribution in [3.8, 4) is 0 Å². The number of carbonyl (C=O) groups is 5. The number of carbonyl (C=O) groups excluding carboxylic acids is 4. The Balaban J connectivity index is 1.57. The van der Waals surface area contributed by atoms with Gasteiger partial charge in [-0.2, -0.15) is 0 Å². The van der Waals surface area contributed by atoms with Gasteiger partial charge in [0.05, 0.1) is 18.5 Å². The van der Waals surface area contributed by atoms with Crippen molar-refractivity contribution >= 4 is 41.4 Å². The summed E-state index contributed by atoms with van der Waals surface area (Å²) in [4.78, 5) is 73.1. The predicted molar refractivity (Wildman–Crippen MR) is 142 cm³/mol. The topological polar surface area (TPSA) is 171 Å². The molecule has 2 aliphatic heterocycles. The van der Waals surface area contributed by atoms with E-state index < -0.39 is 52.1 Å². The maximum absolute atomic E-state index is 13.9. The van der Waals surface area contributed by atoms with Crippen LogP contribution in [-0.2, 0) is 19.2 Å². The first-order valence-electron chi connectivity index (χ1n) is 13.3. The van der Waals surface area contributed by atoms with Crippen LogP contribution >= 0.6 is 11.8 Å². The summed E-state index contributed by atoms with van der Waals surface area (Å²) in [5.41, 5.74) is -0.693. The number of aliphatic carboxylic acids is 1. The number of carboxylic acids is 1. The van der Waals surface area contributed by atoms with E-state index in [-0.39, 0.29) is 36.2 Å².